The fourth-order valence-corrected chi connectivity index (χ4v) is 9.57. The van der Waals surface area contributed by atoms with E-state index < -0.39 is 22.6 Å². The van der Waals surface area contributed by atoms with Crippen LogP contribution in [-0.4, -0.2) is 100 Å². The Morgan fingerprint density at radius 3 is 2.54 bits per heavy atom. The van der Waals surface area contributed by atoms with Crippen molar-refractivity contribution in [1.82, 2.24) is 28.6 Å². The number of rotatable bonds is 11. The molecule has 0 spiro atoms. The first kappa shape index (κ1) is 36.5. The first-order valence-corrected chi connectivity index (χ1v) is 19.9. The molecule has 6 rings (SSSR count). The summed E-state index contributed by atoms with van der Waals surface area (Å²) in [5, 5.41) is 15.4. The summed E-state index contributed by atoms with van der Waals surface area (Å²) in [6, 6.07) is 10.7. The van der Waals surface area contributed by atoms with Crippen molar-refractivity contribution in [1.29, 1.82) is 5.26 Å². The smallest absolute Gasteiger partial charge is 0.367 e. The highest BCUT2D eigenvalue weighted by atomic mass is 32.2. The normalized spacial score (nSPS) is 19.7. The molecule has 0 amide bonds. The van der Waals surface area contributed by atoms with E-state index in [1.165, 1.54) is 18.1 Å². The minimum absolute atomic E-state index is 0.0730. The number of piperidine rings is 1. The van der Waals surface area contributed by atoms with Crippen LogP contribution in [0.3, 0.4) is 0 Å². The second-order valence-electron chi connectivity index (χ2n) is 13.8. The van der Waals surface area contributed by atoms with Gasteiger partial charge in [-0.25, -0.2) is 18.4 Å². The van der Waals surface area contributed by atoms with Gasteiger partial charge >= 0.3 is 6.18 Å². The van der Waals surface area contributed by atoms with Crippen molar-refractivity contribution >= 4 is 48.3 Å². The summed E-state index contributed by atoms with van der Waals surface area (Å²) >= 11 is 1.06. The number of nitrogens with one attached hydrogen (secondary N) is 1. The minimum atomic E-state index is -4.27. The standard InChI is InChI=1S/C35H45F3N8O2S2/c1-5-6-27(45-14-13-44(19-23(45)2)50(4,47)48)21-46-28(18-39)15-30-24(3)25(7-8-32(30)46)20-43-11-9-26(10-12-43)42-33-31-16-29(17-35(36,37)38)49-34(31)41-22-40-33/h7-8,15-16,22-23,26-27H,5-6,9-14,17,19-21H2,1-4H3,(H,40,41,42). The van der Waals surface area contributed by atoms with Gasteiger partial charge < -0.3 is 9.88 Å². The van der Waals surface area contributed by atoms with Crippen molar-refractivity contribution in [2.75, 3.05) is 44.3 Å². The van der Waals surface area contributed by atoms with E-state index in [1.54, 1.807) is 10.4 Å². The summed E-state index contributed by atoms with van der Waals surface area (Å²) in [5.74, 6) is 0.587. The molecule has 2 atom stereocenters. The van der Waals surface area contributed by atoms with Crippen LogP contribution < -0.4 is 5.32 Å². The first-order chi connectivity index (χ1) is 23.7. The van der Waals surface area contributed by atoms with Crippen molar-refractivity contribution in [3.8, 4) is 6.07 Å². The number of halogens is 3. The third-order valence-corrected chi connectivity index (χ3v) is 12.6. The molecule has 3 aromatic heterocycles. The van der Waals surface area contributed by atoms with E-state index in [4.69, 9.17) is 0 Å². The fourth-order valence-electron chi connectivity index (χ4n) is 7.64. The van der Waals surface area contributed by atoms with Crippen molar-refractivity contribution < 1.29 is 21.6 Å². The molecule has 0 radical (unpaired) electrons. The molecule has 10 nitrogen and oxygen atoms in total. The van der Waals surface area contributed by atoms with E-state index in [9.17, 15) is 26.9 Å². The summed E-state index contributed by atoms with van der Waals surface area (Å²) in [6.07, 6.45) is 1.12. The average Bonchev–Trinajstić information content (AvgIpc) is 3.63. The Kier molecular flexibility index (Phi) is 10.8. The maximum atomic E-state index is 13.0. The van der Waals surface area contributed by atoms with E-state index in [1.807, 2.05) is 6.07 Å². The Hall–Kier alpha value is -3.29. The predicted octanol–water partition coefficient (Wildman–Crippen LogP) is 6.14. The van der Waals surface area contributed by atoms with Gasteiger partial charge in [0.15, 0.2) is 0 Å². The topological polar surface area (TPSA) is 110 Å². The number of benzene rings is 1. The number of nitrogens with zero attached hydrogens (tertiary/aromatic N) is 7. The van der Waals surface area contributed by atoms with Crippen molar-refractivity contribution in [2.45, 2.75) is 90.3 Å². The molecule has 1 aromatic carbocycles. The summed E-state index contributed by atoms with van der Waals surface area (Å²) < 4.78 is 67.0. The van der Waals surface area contributed by atoms with Crippen LogP contribution >= 0.6 is 11.3 Å². The van der Waals surface area contributed by atoms with Gasteiger partial charge in [0.25, 0.3) is 0 Å². The Morgan fingerprint density at radius 2 is 1.88 bits per heavy atom. The fraction of sp³-hybridized carbons (Fsp3) is 0.571. The monoisotopic (exact) mass is 730 g/mol. The second-order valence-corrected chi connectivity index (χ2v) is 16.9. The summed E-state index contributed by atoms with van der Waals surface area (Å²) in [6.45, 7) is 11.2. The predicted molar refractivity (Wildman–Crippen MR) is 192 cm³/mol. The Morgan fingerprint density at radius 1 is 1.12 bits per heavy atom. The molecular formula is C35H45F3N8O2S2. The summed E-state index contributed by atoms with van der Waals surface area (Å²) in [5.41, 5.74) is 4.05. The lowest BCUT2D eigenvalue weighted by atomic mass is 10.0. The summed E-state index contributed by atoms with van der Waals surface area (Å²) in [4.78, 5) is 14.2. The average molecular weight is 731 g/mol. The van der Waals surface area contributed by atoms with Crippen molar-refractivity contribution in [3.05, 3.63) is 52.3 Å². The van der Waals surface area contributed by atoms with E-state index in [-0.39, 0.29) is 23.0 Å². The number of aryl methyl sites for hydroxylation is 1. The number of fused-ring (bicyclic) bond motifs is 2. The van der Waals surface area contributed by atoms with E-state index in [0.717, 1.165) is 73.1 Å². The Balaban J connectivity index is 1.12. The molecule has 0 bridgehead atoms. The maximum absolute atomic E-state index is 13.0. The number of anilines is 1. The molecule has 1 N–H and O–H groups in total. The minimum Gasteiger partial charge on any atom is -0.367 e. The molecule has 270 valence electrons. The van der Waals surface area contributed by atoms with Gasteiger partial charge in [0.2, 0.25) is 10.0 Å². The third-order valence-electron chi connectivity index (χ3n) is 10.3. The van der Waals surface area contributed by atoms with Crippen LogP contribution in [0.15, 0.2) is 30.6 Å². The SMILES string of the molecule is CCCC(Cn1c(C#N)cc2c(C)c(CN3CCC(Nc4ncnc5sc(CC(F)(F)F)cc45)CC3)ccc21)N1CCN(S(C)(=O)=O)CC1C. The number of piperazine rings is 1. The quantitative estimate of drug-likeness (QED) is 0.196. The van der Waals surface area contributed by atoms with Crippen LogP contribution in [0, 0.1) is 18.3 Å². The van der Waals surface area contributed by atoms with Crippen LogP contribution in [0.4, 0.5) is 19.0 Å². The number of sulfonamides is 1. The molecule has 2 aliphatic rings. The maximum Gasteiger partial charge on any atom is 0.393 e. The van der Waals surface area contributed by atoms with Crippen molar-refractivity contribution in [3.63, 3.8) is 0 Å². The molecule has 0 aliphatic carbocycles. The largest absolute Gasteiger partial charge is 0.393 e. The van der Waals surface area contributed by atoms with Crippen LogP contribution in [-0.2, 0) is 29.5 Å². The van der Waals surface area contributed by atoms with Crippen LogP contribution in [0.1, 0.15) is 61.2 Å². The molecule has 2 unspecified atom stereocenters. The number of aromatic nitrogens is 3. The molecule has 15 heteroatoms. The van der Waals surface area contributed by atoms with Gasteiger partial charge in [0.05, 0.1) is 18.1 Å². The number of hydrogen-bond donors (Lipinski definition) is 1. The van der Waals surface area contributed by atoms with E-state index in [2.05, 4.69) is 68.6 Å². The third kappa shape index (κ3) is 8.10. The second kappa shape index (κ2) is 14.7. The zero-order valence-corrected chi connectivity index (χ0v) is 30.6. The zero-order valence-electron chi connectivity index (χ0n) is 29.0. The van der Waals surface area contributed by atoms with Gasteiger partial charge in [-0.05, 0) is 62.4 Å². The Bertz CT molecular complexity index is 1980. The number of nitriles is 1. The van der Waals surface area contributed by atoms with Crippen molar-refractivity contribution in [2.24, 2.45) is 0 Å². The molecule has 2 fully saturated rings. The Labute approximate surface area is 295 Å². The molecule has 2 saturated heterocycles. The molecule has 50 heavy (non-hydrogen) atoms. The van der Waals surface area contributed by atoms with E-state index in [0.29, 0.717) is 47.9 Å². The lowest BCUT2D eigenvalue weighted by Gasteiger charge is -2.43. The zero-order chi connectivity index (χ0) is 35.8. The molecule has 2 aliphatic heterocycles. The van der Waals surface area contributed by atoms with Gasteiger partial charge in [-0.15, -0.1) is 11.3 Å². The number of thiophene rings is 1. The number of likely N-dealkylation sites (tertiary alicyclic amines) is 1. The van der Waals surface area contributed by atoms with Gasteiger partial charge in [-0.2, -0.15) is 22.7 Å². The highest BCUT2D eigenvalue weighted by Gasteiger charge is 2.33. The number of alkyl halides is 3. The van der Waals surface area contributed by atoms with Crippen LogP contribution in [0.5, 0.6) is 0 Å². The highest BCUT2D eigenvalue weighted by molar-refractivity contribution is 7.88. The van der Waals surface area contributed by atoms with Gasteiger partial charge in [-0.1, -0.05) is 19.4 Å². The first-order valence-electron chi connectivity index (χ1n) is 17.3. The van der Waals surface area contributed by atoms with Gasteiger partial charge in [0.1, 0.15) is 28.7 Å². The number of hydrogen-bond acceptors (Lipinski definition) is 9. The lowest BCUT2D eigenvalue weighted by molar-refractivity contribution is -0.126. The highest BCUT2D eigenvalue weighted by Crippen LogP contribution is 2.34. The molecule has 5 heterocycles. The summed E-state index contributed by atoms with van der Waals surface area (Å²) in [7, 11) is -3.24. The molecule has 4 aromatic rings. The van der Waals surface area contributed by atoms with Crippen LogP contribution in [0.25, 0.3) is 21.1 Å². The van der Waals surface area contributed by atoms with Gasteiger partial charge in [0, 0.05) is 79.7 Å². The molecular weight excluding hydrogens is 686 g/mol. The van der Waals surface area contributed by atoms with Gasteiger partial charge in [-0.3, -0.25) is 9.80 Å². The van der Waals surface area contributed by atoms with E-state index >= 15 is 0 Å². The van der Waals surface area contributed by atoms with Crippen LogP contribution in [0.2, 0.25) is 0 Å². The lowest BCUT2D eigenvalue weighted by Crippen LogP contribution is -2.57. The molecule has 0 saturated carbocycles.